The maximum atomic E-state index is 12.9. The number of likely N-dealkylation sites (N-methyl/N-ethyl adjacent to an activating group) is 1. The van der Waals surface area contributed by atoms with Crippen molar-refractivity contribution in [3.63, 3.8) is 0 Å². The van der Waals surface area contributed by atoms with Crippen LogP contribution in [0.5, 0.6) is 0 Å². The molecule has 0 unspecified atom stereocenters. The molecule has 1 saturated heterocycles. The molecule has 3 heterocycles. The highest BCUT2D eigenvalue weighted by Gasteiger charge is 2.29. The number of aromatic nitrogens is 3. The average molecular weight is 644 g/mol. The van der Waals surface area contributed by atoms with Gasteiger partial charge in [-0.1, -0.05) is 18.2 Å². The van der Waals surface area contributed by atoms with Crippen LogP contribution in [0.1, 0.15) is 21.5 Å². The topological polar surface area (TPSA) is 201 Å². The molecule has 0 radical (unpaired) electrons. The Morgan fingerprint density at radius 2 is 1.57 bits per heavy atom. The van der Waals surface area contributed by atoms with E-state index in [9.17, 15) is 14.4 Å². The number of hydrogen-bond donors (Lipinski definition) is 6. The highest BCUT2D eigenvalue weighted by atomic mass is 16.4. The minimum atomic E-state index is -2.27. The quantitative estimate of drug-likeness (QED) is 0.147. The number of carbonyl (C=O) groups excluding carboxylic acids is 1. The summed E-state index contributed by atoms with van der Waals surface area (Å²) in [6.45, 7) is 7.24. The van der Waals surface area contributed by atoms with Crippen LogP contribution in [0.3, 0.4) is 0 Å². The number of anilines is 3. The Bertz CT molecular complexity index is 1650. The van der Waals surface area contributed by atoms with E-state index in [4.69, 9.17) is 20.4 Å². The number of carboxylic acids is 2. The van der Waals surface area contributed by atoms with Gasteiger partial charge in [-0.3, -0.25) is 14.7 Å². The van der Waals surface area contributed by atoms with Gasteiger partial charge in [-0.2, -0.15) is 0 Å². The third-order valence-electron chi connectivity index (χ3n) is 7.38. The van der Waals surface area contributed by atoms with Crippen LogP contribution in [0.2, 0.25) is 0 Å². The Balaban J connectivity index is 0.000000434. The van der Waals surface area contributed by atoms with Crippen LogP contribution in [0.15, 0.2) is 79.3 Å². The van der Waals surface area contributed by atoms with Gasteiger partial charge in [0.05, 0.1) is 5.69 Å². The molecule has 1 amide bonds. The molecule has 0 saturated carbocycles. The molecule has 14 heteroatoms. The number of benzene rings is 2. The lowest BCUT2D eigenvalue weighted by Gasteiger charge is -2.32. The number of carboxylic acid groups (broad SMARTS) is 2. The summed E-state index contributed by atoms with van der Waals surface area (Å²) in [4.78, 5) is 50.4. The van der Waals surface area contributed by atoms with Crippen LogP contribution in [0.4, 0.5) is 17.3 Å². The molecule has 0 aliphatic carbocycles. The third kappa shape index (κ3) is 10.1. The number of aliphatic hydroxyl groups excluding tert-OH is 2. The zero-order chi connectivity index (χ0) is 33.9. The van der Waals surface area contributed by atoms with Crippen LogP contribution in [0, 0.1) is 6.92 Å². The highest BCUT2D eigenvalue weighted by Crippen LogP contribution is 2.25. The van der Waals surface area contributed by atoms with Gasteiger partial charge in [-0.25, -0.2) is 19.6 Å². The van der Waals surface area contributed by atoms with Crippen molar-refractivity contribution in [3.05, 3.63) is 95.9 Å². The van der Waals surface area contributed by atoms with Crippen LogP contribution in [-0.2, 0) is 16.1 Å². The largest absolute Gasteiger partial charge is 0.479 e. The van der Waals surface area contributed by atoms with E-state index in [1.807, 2.05) is 67.6 Å². The molecule has 0 spiro atoms. The Morgan fingerprint density at radius 3 is 2.19 bits per heavy atom. The molecule has 246 valence electrons. The van der Waals surface area contributed by atoms with E-state index < -0.39 is 24.1 Å². The van der Waals surface area contributed by atoms with Gasteiger partial charge in [0, 0.05) is 73.8 Å². The normalized spacial score (nSPS) is 14.6. The SMILES string of the molecule is Cc1ccc(NC(=O)c2ccc(CN3CCN(C)CC3)cc2)cc1Nc1nccc(-c2cccnc2)n1.O=C(O)[C@@H](O)[C@H](O)C(=O)O. The first-order chi connectivity index (χ1) is 22.5. The second kappa shape index (κ2) is 16.3. The fraction of sp³-hybridized carbons (Fsp3) is 0.273. The predicted molar refractivity (Wildman–Crippen MR) is 174 cm³/mol. The Morgan fingerprint density at radius 1 is 0.894 bits per heavy atom. The van der Waals surface area contributed by atoms with E-state index in [0.717, 1.165) is 55.2 Å². The van der Waals surface area contributed by atoms with Crippen LogP contribution >= 0.6 is 0 Å². The Kier molecular flexibility index (Phi) is 12.0. The summed E-state index contributed by atoms with van der Waals surface area (Å²) in [5.74, 6) is -3.20. The summed E-state index contributed by atoms with van der Waals surface area (Å²) in [5.41, 5.74) is 6.08. The number of aryl methyl sites for hydroxylation is 1. The van der Waals surface area contributed by atoms with Gasteiger partial charge >= 0.3 is 11.9 Å². The summed E-state index contributed by atoms with van der Waals surface area (Å²) in [6, 6.07) is 19.3. The van der Waals surface area contributed by atoms with E-state index >= 15 is 0 Å². The lowest BCUT2D eigenvalue weighted by molar-refractivity contribution is -0.165. The molecule has 2 aromatic carbocycles. The second-order valence-electron chi connectivity index (χ2n) is 11.0. The number of aliphatic carboxylic acids is 2. The fourth-order valence-electron chi connectivity index (χ4n) is 4.55. The van der Waals surface area contributed by atoms with Gasteiger partial charge in [0.2, 0.25) is 5.95 Å². The van der Waals surface area contributed by atoms with Crippen LogP contribution < -0.4 is 10.6 Å². The van der Waals surface area contributed by atoms with Crippen molar-refractivity contribution in [1.82, 2.24) is 24.8 Å². The second-order valence-corrected chi connectivity index (χ2v) is 11.0. The number of rotatable bonds is 10. The minimum Gasteiger partial charge on any atom is -0.479 e. The molecule has 2 atom stereocenters. The van der Waals surface area contributed by atoms with E-state index in [-0.39, 0.29) is 5.91 Å². The van der Waals surface area contributed by atoms with E-state index in [0.29, 0.717) is 17.2 Å². The van der Waals surface area contributed by atoms with Crippen molar-refractivity contribution in [2.24, 2.45) is 0 Å². The molecular formula is C33H37N7O7. The maximum absolute atomic E-state index is 12.9. The number of pyridine rings is 1. The molecule has 5 rings (SSSR count). The maximum Gasteiger partial charge on any atom is 0.335 e. The first kappa shape index (κ1) is 34.6. The van der Waals surface area contributed by atoms with Crippen LogP contribution in [-0.4, -0.2) is 108 Å². The van der Waals surface area contributed by atoms with Gasteiger partial charge in [0.15, 0.2) is 12.2 Å². The number of nitrogens with one attached hydrogen (secondary N) is 2. The molecule has 1 fully saturated rings. The van der Waals surface area contributed by atoms with Crippen molar-refractivity contribution in [3.8, 4) is 11.3 Å². The molecule has 1 aliphatic heterocycles. The number of carbonyl (C=O) groups is 3. The van der Waals surface area contributed by atoms with Crippen molar-refractivity contribution in [2.45, 2.75) is 25.7 Å². The average Bonchev–Trinajstić information content (AvgIpc) is 3.07. The molecule has 0 bridgehead atoms. The first-order valence-corrected chi connectivity index (χ1v) is 14.7. The molecule has 14 nitrogen and oxygen atoms in total. The van der Waals surface area contributed by atoms with E-state index in [2.05, 4.69) is 42.4 Å². The Labute approximate surface area is 271 Å². The molecule has 4 aromatic rings. The summed E-state index contributed by atoms with van der Waals surface area (Å²) < 4.78 is 0. The Hall–Kier alpha value is -5.28. The highest BCUT2D eigenvalue weighted by molar-refractivity contribution is 6.04. The summed E-state index contributed by atoms with van der Waals surface area (Å²) in [7, 11) is 2.16. The molecule has 6 N–H and O–H groups in total. The van der Waals surface area contributed by atoms with E-state index in [1.54, 1.807) is 18.6 Å². The standard InChI is InChI=1S/C29H31N7O.C4H6O6/c1-21-5-10-25(18-27(21)34-29-31-13-11-26(33-29)24-4-3-12-30-19-24)32-28(37)23-8-6-22(7-9-23)20-36-16-14-35(2)15-17-36;5-1(3(7)8)2(6)4(9)10/h3-13,18-19H,14-17,20H2,1-2H3,(H,32,37)(H,31,33,34);1-2,5-6H,(H,7,8)(H,9,10)/t;1-,2-/m.0/s1. The van der Waals surface area contributed by atoms with E-state index in [1.165, 1.54) is 5.56 Å². The predicted octanol–water partition coefficient (Wildman–Crippen LogP) is 2.47. The smallest absolute Gasteiger partial charge is 0.335 e. The lowest BCUT2D eigenvalue weighted by atomic mass is 10.1. The van der Waals surface area contributed by atoms with Gasteiger partial charge in [0.1, 0.15) is 0 Å². The zero-order valence-corrected chi connectivity index (χ0v) is 25.9. The van der Waals surface area contributed by atoms with Gasteiger partial charge in [0.25, 0.3) is 5.91 Å². The summed E-state index contributed by atoms with van der Waals surface area (Å²) in [6.07, 6.45) is 0.684. The monoisotopic (exact) mass is 643 g/mol. The van der Waals surface area contributed by atoms with Gasteiger partial charge in [-0.15, -0.1) is 0 Å². The van der Waals surface area contributed by atoms with Crippen molar-refractivity contribution in [1.29, 1.82) is 0 Å². The van der Waals surface area contributed by atoms with Crippen LogP contribution in [0.25, 0.3) is 11.3 Å². The van der Waals surface area contributed by atoms with Crippen molar-refractivity contribution >= 4 is 35.2 Å². The minimum absolute atomic E-state index is 0.143. The third-order valence-corrected chi connectivity index (χ3v) is 7.38. The zero-order valence-electron chi connectivity index (χ0n) is 25.9. The molecular weight excluding hydrogens is 606 g/mol. The number of aliphatic hydroxyl groups is 2. The molecule has 47 heavy (non-hydrogen) atoms. The van der Waals surface area contributed by atoms with Gasteiger partial charge in [-0.05, 0) is 67.6 Å². The fourth-order valence-corrected chi connectivity index (χ4v) is 4.55. The molecule has 2 aromatic heterocycles. The lowest BCUT2D eigenvalue weighted by Crippen LogP contribution is -2.43. The number of nitrogens with zero attached hydrogens (tertiary/aromatic N) is 5. The summed E-state index contributed by atoms with van der Waals surface area (Å²) >= 11 is 0. The number of piperazine rings is 1. The summed E-state index contributed by atoms with van der Waals surface area (Å²) in [5, 5.41) is 38.8. The first-order valence-electron chi connectivity index (χ1n) is 14.7. The molecule has 1 aliphatic rings. The number of amides is 1. The van der Waals surface area contributed by atoms with Crippen molar-refractivity contribution in [2.75, 3.05) is 43.9 Å². The van der Waals surface area contributed by atoms with Gasteiger partial charge < -0.3 is 36.0 Å². The number of hydrogen-bond acceptors (Lipinski definition) is 11. The van der Waals surface area contributed by atoms with Crippen molar-refractivity contribution < 1.29 is 34.8 Å².